The zero-order valence-electron chi connectivity index (χ0n) is 14.7. The molecule has 4 rings (SSSR count). The largest absolute Gasteiger partial charge is 0.347 e. The number of pyridine rings is 1. The van der Waals surface area contributed by atoms with Crippen molar-refractivity contribution in [3.63, 3.8) is 0 Å². The minimum Gasteiger partial charge on any atom is -0.347 e. The van der Waals surface area contributed by atoms with Crippen LogP contribution in [-0.2, 0) is 0 Å². The Morgan fingerprint density at radius 1 is 1.12 bits per heavy atom. The van der Waals surface area contributed by atoms with E-state index in [1.807, 2.05) is 24.5 Å². The summed E-state index contributed by atoms with van der Waals surface area (Å²) in [5.41, 5.74) is 4.73. The molecule has 0 bridgehead atoms. The van der Waals surface area contributed by atoms with Crippen molar-refractivity contribution in [3.05, 3.63) is 82.7 Å². The maximum atomic E-state index is 5.02. The monoisotopic (exact) mass is 408 g/mol. The number of aromatic nitrogens is 1. The molecule has 0 spiro atoms. The predicted octanol–water partition coefficient (Wildman–Crippen LogP) is 4.17. The first-order chi connectivity index (χ1) is 12.7. The Labute approximate surface area is 162 Å². The number of aliphatic imine (C=N–C) groups is 1. The molecule has 0 amide bonds. The molecule has 1 aromatic heterocycles. The molecule has 0 aliphatic carbocycles. The highest BCUT2D eigenvalue weighted by atomic mass is 79.9. The zero-order chi connectivity index (χ0) is 17.9. The molecular formula is C21H21BrN4. The molecule has 0 N–H and O–H groups in total. The number of rotatable bonds is 3. The summed E-state index contributed by atoms with van der Waals surface area (Å²) in [4.78, 5) is 13.7. The van der Waals surface area contributed by atoms with Crippen LogP contribution >= 0.6 is 15.9 Å². The molecule has 5 heteroatoms. The van der Waals surface area contributed by atoms with E-state index in [0.717, 1.165) is 35.3 Å². The average molecular weight is 409 g/mol. The van der Waals surface area contributed by atoms with E-state index in [4.69, 9.17) is 4.99 Å². The van der Waals surface area contributed by atoms with E-state index in [0.29, 0.717) is 0 Å². The molecule has 1 atom stereocenters. The van der Waals surface area contributed by atoms with Crippen molar-refractivity contribution >= 4 is 27.2 Å². The average Bonchev–Trinajstić information content (AvgIpc) is 2.69. The first-order valence-electron chi connectivity index (χ1n) is 8.79. The van der Waals surface area contributed by atoms with E-state index >= 15 is 0 Å². The molecule has 4 nitrogen and oxygen atoms in total. The standard InChI is InChI=1S/C21H21BrN4/c1-25-14-10-20(16-8-11-23-12-9-16)24-21(25)26-13-4-5-17(15-26)18-6-2-3-7-19(18)22/h2-3,5-12,14,21H,4,13,15H2,1H3. The van der Waals surface area contributed by atoms with Gasteiger partial charge in [0.05, 0.1) is 5.71 Å². The summed E-state index contributed by atoms with van der Waals surface area (Å²) in [7, 11) is 2.09. The molecule has 1 aromatic carbocycles. The van der Waals surface area contributed by atoms with Crippen LogP contribution in [0.5, 0.6) is 0 Å². The van der Waals surface area contributed by atoms with Gasteiger partial charge in [-0.25, -0.2) is 4.99 Å². The van der Waals surface area contributed by atoms with E-state index in [9.17, 15) is 0 Å². The topological polar surface area (TPSA) is 31.7 Å². The minimum atomic E-state index is 0.00866. The second-order valence-electron chi connectivity index (χ2n) is 6.55. The van der Waals surface area contributed by atoms with Gasteiger partial charge in [-0.15, -0.1) is 0 Å². The molecule has 0 saturated carbocycles. The molecule has 26 heavy (non-hydrogen) atoms. The summed E-state index contributed by atoms with van der Waals surface area (Å²) in [5.74, 6) is 0. The van der Waals surface area contributed by atoms with Crippen LogP contribution in [0.4, 0.5) is 0 Å². The lowest BCUT2D eigenvalue weighted by molar-refractivity contribution is 0.111. The quantitative estimate of drug-likeness (QED) is 0.763. The van der Waals surface area contributed by atoms with Crippen LogP contribution in [0.25, 0.3) is 5.57 Å². The smallest absolute Gasteiger partial charge is 0.179 e. The summed E-state index contributed by atoms with van der Waals surface area (Å²) in [5, 5.41) is 0. The Bertz CT molecular complexity index is 873. The zero-order valence-corrected chi connectivity index (χ0v) is 16.3. The van der Waals surface area contributed by atoms with Gasteiger partial charge in [0, 0.05) is 48.8 Å². The van der Waals surface area contributed by atoms with Crippen molar-refractivity contribution in [1.29, 1.82) is 0 Å². The molecular weight excluding hydrogens is 388 g/mol. The van der Waals surface area contributed by atoms with E-state index in [1.54, 1.807) is 0 Å². The van der Waals surface area contributed by atoms with Gasteiger partial charge in [0.25, 0.3) is 0 Å². The molecule has 132 valence electrons. The van der Waals surface area contributed by atoms with Crippen LogP contribution in [0.3, 0.4) is 0 Å². The Balaban J connectivity index is 1.59. The van der Waals surface area contributed by atoms with Crippen molar-refractivity contribution in [1.82, 2.24) is 14.8 Å². The second-order valence-corrected chi connectivity index (χ2v) is 7.40. The highest BCUT2D eigenvalue weighted by molar-refractivity contribution is 9.10. The second kappa shape index (κ2) is 7.56. The summed E-state index contributed by atoms with van der Waals surface area (Å²) in [6, 6.07) is 12.4. The predicted molar refractivity (Wildman–Crippen MR) is 110 cm³/mol. The third-order valence-corrected chi connectivity index (χ3v) is 5.48. The Morgan fingerprint density at radius 2 is 1.92 bits per heavy atom. The van der Waals surface area contributed by atoms with Crippen LogP contribution in [-0.4, -0.2) is 46.9 Å². The van der Waals surface area contributed by atoms with Crippen LogP contribution in [0.1, 0.15) is 17.5 Å². The third kappa shape index (κ3) is 3.50. The number of halogens is 1. The number of nitrogens with zero attached hydrogens (tertiary/aromatic N) is 4. The van der Waals surface area contributed by atoms with Crippen molar-refractivity contribution in [2.75, 3.05) is 20.1 Å². The molecule has 0 radical (unpaired) electrons. The molecule has 0 fully saturated rings. The normalized spacial score (nSPS) is 20.7. The van der Waals surface area contributed by atoms with E-state index in [-0.39, 0.29) is 6.29 Å². The van der Waals surface area contributed by atoms with Gasteiger partial charge < -0.3 is 4.90 Å². The van der Waals surface area contributed by atoms with Crippen LogP contribution in [0.2, 0.25) is 0 Å². The fraction of sp³-hybridized carbons (Fsp3) is 0.238. The van der Waals surface area contributed by atoms with Crippen molar-refractivity contribution in [2.45, 2.75) is 12.7 Å². The first kappa shape index (κ1) is 17.2. The first-order valence-corrected chi connectivity index (χ1v) is 9.58. The number of hydrogen-bond acceptors (Lipinski definition) is 4. The number of benzene rings is 1. The summed E-state index contributed by atoms with van der Waals surface area (Å²) >= 11 is 3.69. The minimum absolute atomic E-state index is 0.00866. The lowest BCUT2D eigenvalue weighted by Crippen LogP contribution is -2.47. The highest BCUT2D eigenvalue weighted by Crippen LogP contribution is 2.29. The lowest BCUT2D eigenvalue weighted by Gasteiger charge is -2.38. The third-order valence-electron chi connectivity index (χ3n) is 4.79. The highest BCUT2D eigenvalue weighted by Gasteiger charge is 2.26. The van der Waals surface area contributed by atoms with Gasteiger partial charge in [0.15, 0.2) is 6.29 Å². The SMILES string of the molecule is CN1C=CC(c2ccncc2)=NC1N1CCC=C(c2ccccc2Br)C1. The maximum Gasteiger partial charge on any atom is 0.179 e. The van der Waals surface area contributed by atoms with E-state index < -0.39 is 0 Å². The van der Waals surface area contributed by atoms with Gasteiger partial charge in [-0.2, -0.15) is 0 Å². The Morgan fingerprint density at radius 3 is 2.73 bits per heavy atom. The molecule has 2 aliphatic rings. The molecule has 2 aliphatic heterocycles. The van der Waals surface area contributed by atoms with Gasteiger partial charge in [-0.05, 0) is 41.8 Å². The Hall–Kier alpha value is -2.24. The van der Waals surface area contributed by atoms with Gasteiger partial charge in [-0.3, -0.25) is 9.88 Å². The van der Waals surface area contributed by atoms with Crippen molar-refractivity contribution in [3.8, 4) is 0 Å². The molecule has 0 saturated heterocycles. The van der Waals surface area contributed by atoms with Gasteiger partial charge in [0.1, 0.15) is 0 Å². The summed E-state index contributed by atoms with van der Waals surface area (Å²) in [6.45, 7) is 1.89. The molecule has 1 unspecified atom stereocenters. The van der Waals surface area contributed by atoms with Crippen LogP contribution in [0, 0.1) is 0 Å². The molecule has 2 aromatic rings. The number of allylic oxidation sites excluding steroid dienone is 1. The Kier molecular flexibility index (Phi) is 5.00. The van der Waals surface area contributed by atoms with Crippen LogP contribution < -0.4 is 0 Å². The van der Waals surface area contributed by atoms with Crippen LogP contribution in [0.15, 0.2) is 76.6 Å². The van der Waals surface area contributed by atoms with Gasteiger partial charge >= 0.3 is 0 Å². The lowest BCUT2D eigenvalue weighted by atomic mass is 10.0. The van der Waals surface area contributed by atoms with E-state index in [1.165, 1.54) is 11.1 Å². The van der Waals surface area contributed by atoms with Crippen molar-refractivity contribution < 1.29 is 0 Å². The molecule has 3 heterocycles. The van der Waals surface area contributed by atoms with Crippen molar-refractivity contribution in [2.24, 2.45) is 4.99 Å². The fourth-order valence-electron chi connectivity index (χ4n) is 3.44. The number of hydrogen-bond donors (Lipinski definition) is 0. The van der Waals surface area contributed by atoms with Gasteiger partial charge in [-0.1, -0.05) is 40.2 Å². The maximum absolute atomic E-state index is 5.02. The van der Waals surface area contributed by atoms with E-state index in [2.05, 4.69) is 80.4 Å². The summed E-state index contributed by atoms with van der Waals surface area (Å²) < 4.78 is 1.14. The fourth-order valence-corrected chi connectivity index (χ4v) is 3.98. The van der Waals surface area contributed by atoms with Gasteiger partial charge in [0.2, 0.25) is 0 Å². The summed E-state index contributed by atoms with van der Waals surface area (Å²) in [6.07, 6.45) is 11.2.